The van der Waals surface area contributed by atoms with Crippen molar-refractivity contribution in [1.29, 1.82) is 0 Å². The lowest BCUT2D eigenvalue weighted by molar-refractivity contribution is 0.0707. The van der Waals surface area contributed by atoms with E-state index >= 15 is 0 Å². The smallest absolute Gasteiger partial charge is 0.262 e. The molecule has 23 heavy (non-hydrogen) atoms. The molecule has 2 heterocycles. The summed E-state index contributed by atoms with van der Waals surface area (Å²) in [4.78, 5) is 14.9. The summed E-state index contributed by atoms with van der Waals surface area (Å²) in [5.41, 5.74) is 1.26. The Kier molecular flexibility index (Phi) is 4.23. The number of carbonyl (C=O) groups excluding carboxylic acids is 1. The zero-order valence-electron chi connectivity index (χ0n) is 13.5. The summed E-state index contributed by atoms with van der Waals surface area (Å²) in [6, 6.07) is 7.11. The molecule has 1 aromatic carbocycles. The van der Waals surface area contributed by atoms with E-state index in [1.165, 1.54) is 0 Å². The van der Waals surface area contributed by atoms with Crippen LogP contribution in [0.4, 0.5) is 0 Å². The zero-order chi connectivity index (χ0) is 16.4. The second kappa shape index (κ2) is 6.32. The van der Waals surface area contributed by atoms with Gasteiger partial charge in [0.05, 0.1) is 26.0 Å². The number of hydrogen-bond acceptors (Lipinski definition) is 5. The van der Waals surface area contributed by atoms with Gasteiger partial charge in [0.15, 0.2) is 5.76 Å². The molecule has 1 fully saturated rings. The Labute approximate surface area is 135 Å². The van der Waals surface area contributed by atoms with E-state index < -0.39 is 0 Å². The fraction of sp³-hybridized carbons (Fsp3) is 0.412. The van der Waals surface area contributed by atoms with Gasteiger partial charge in [-0.15, -0.1) is 0 Å². The third-order valence-corrected chi connectivity index (χ3v) is 4.13. The Morgan fingerprint density at radius 2 is 2.00 bits per heavy atom. The van der Waals surface area contributed by atoms with Crippen molar-refractivity contribution in [2.24, 2.45) is 0 Å². The average molecular weight is 316 g/mol. The molecule has 1 atom stereocenters. The standard InChI is InChI=1S/C17H20N2O4/c1-11-10-15(23-18-11)12-6-5-9-19(12)17(20)16-13(21-2)7-4-8-14(16)22-3/h4,7-8,10,12H,5-6,9H2,1-3H3/t12-/m0/s1. The predicted octanol–water partition coefficient (Wildman–Crippen LogP) is 2.98. The van der Waals surface area contributed by atoms with Gasteiger partial charge in [-0.3, -0.25) is 4.79 Å². The molecule has 1 amide bonds. The molecule has 0 bridgehead atoms. The predicted molar refractivity (Wildman–Crippen MR) is 83.8 cm³/mol. The van der Waals surface area contributed by atoms with E-state index in [4.69, 9.17) is 14.0 Å². The topological polar surface area (TPSA) is 64.8 Å². The van der Waals surface area contributed by atoms with Crippen molar-refractivity contribution in [3.05, 3.63) is 41.3 Å². The third kappa shape index (κ3) is 2.76. The van der Waals surface area contributed by atoms with E-state index in [2.05, 4.69) is 5.16 Å². The zero-order valence-corrected chi connectivity index (χ0v) is 13.5. The second-order valence-electron chi connectivity index (χ2n) is 5.56. The number of aryl methyl sites for hydroxylation is 1. The van der Waals surface area contributed by atoms with Crippen LogP contribution in [0.2, 0.25) is 0 Å². The van der Waals surface area contributed by atoms with E-state index in [1.54, 1.807) is 37.3 Å². The first kappa shape index (κ1) is 15.4. The summed E-state index contributed by atoms with van der Waals surface area (Å²) in [6.07, 6.45) is 1.78. The van der Waals surface area contributed by atoms with Crippen molar-refractivity contribution < 1.29 is 18.8 Å². The first-order chi connectivity index (χ1) is 11.2. The molecule has 1 aliphatic heterocycles. The minimum Gasteiger partial charge on any atom is -0.496 e. The molecule has 3 rings (SSSR count). The first-order valence-corrected chi connectivity index (χ1v) is 7.61. The number of aromatic nitrogens is 1. The number of nitrogens with zero attached hydrogens (tertiary/aromatic N) is 2. The maximum atomic E-state index is 13.1. The Bertz CT molecular complexity index is 688. The van der Waals surface area contributed by atoms with Gasteiger partial charge >= 0.3 is 0 Å². The Morgan fingerprint density at radius 3 is 2.57 bits per heavy atom. The van der Waals surface area contributed by atoms with Gasteiger partial charge < -0.3 is 18.9 Å². The van der Waals surface area contributed by atoms with Crippen LogP contribution in [0.5, 0.6) is 11.5 Å². The normalized spacial score (nSPS) is 17.3. The van der Waals surface area contributed by atoms with E-state index in [-0.39, 0.29) is 11.9 Å². The minimum atomic E-state index is -0.115. The number of likely N-dealkylation sites (tertiary alicyclic amines) is 1. The van der Waals surface area contributed by atoms with Crippen molar-refractivity contribution in [3.8, 4) is 11.5 Å². The Hall–Kier alpha value is -2.50. The molecule has 0 aliphatic carbocycles. The highest BCUT2D eigenvalue weighted by molar-refractivity contribution is 6.00. The molecule has 6 nitrogen and oxygen atoms in total. The first-order valence-electron chi connectivity index (χ1n) is 7.61. The minimum absolute atomic E-state index is 0.0988. The summed E-state index contributed by atoms with van der Waals surface area (Å²) in [5, 5.41) is 3.93. The number of ether oxygens (including phenoxy) is 2. The lowest BCUT2D eigenvalue weighted by atomic mass is 10.1. The fourth-order valence-electron chi connectivity index (χ4n) is 3.05. The molecule has 0 N–H and O–H groups in total. The summed E-state index contributed by atoms with van der Waals surface area (Å²) in [6.45, 7) is 2.54. The van der Waals surface area contributed by atoms with Crippen LogP contribution in [0.3, 0.4) is 0 Å². The van der Waals surface area contributed by atoms with Crippen LogP contribution in [0.15, 0.2) is 28.8 Å². The molecule has 1 aromatic heterocycles. The van der Waals surface area contributed by atoms with Crippen LogP contribution in [0.1, 0.15) is 40.7 Å². The van der Waals surface area contributed by atoms with Gasteiger partial charge in [0.1, 0.15) is 17.1 Å². The van der Waals surface area contributed by atoms with Gasteiger partial charge in [0.2, 0.25) is 0 Å². The highest BCUT2D eigenvalue weighted by atomic mass is 16.5. The van der Waals surface area contributed by atoms with Crippen LogP contribution in [0, 0.1) is 6.92 Å². The summed E-state index contributed by atoms with van der Waals surface area (Å²) >= 11 is 0. The molecule has 6 heteroatoms. The van der Waals surface area contributed by atoms with Crippen molar-refractivity contribution in [2.75, 3.05) is 20.8 Å². The highest BCUT2D eigenvalue weighted by Crippen LogP contribution is 2.37. The molecule has 2 aromatic rings. The van der Waals surface area contributed by atoms with Crippen LogP contribution in [0.25, 0.3) is 0 Å². The lowest BCUT2D eigenvalue weighted by Crippen LogP contribution is -2.31. The number of benzene rings is 1. The van der Waals surface area contributed by atoms with Gasteiger partial charge in [-0.1, -0.05) is 11.2 Å². The molecule has 0 saturated carbocycles. The molecule has 122 valence electrons. The summed E-state index contributed by atoms with van der Waals surface area (Å²) < 4.78 is 16.1. The largest absolute Gasteiger partial charge is 0.496 e. The van der Waals surface area contributed by atoms with Crippen molar-refractivity contribution in [3.63, 3.8) is 0 Å². The molecule has 1 saturated heterocycles. The van der Waals surface area contributed by atoms with Crippen LogP contribution >= 0.6 is 0 Å². The van der Waals surface area contributed by atoms with E-state index in [0.717, 1.165) is 24.3 Å². The van der Waals surface area contributed by atoms with Crippen molar-refractivity contribution >= 4 is 5.91 Å². The van der Waals surface area contributed by atoms with Crippen LogP contribution < -0.4 is 9.47 Å². The lowest BCUT2D eigenvalue weighted by Gasteiger charge is -2.24. The average Bonchev–Trinajstić information content (AvgIpc) is 3.21. The monoisotopic (exact) mass is 316 g/mol. The summed E-state index contributed by atoms with van der Waals surface area (Å²) in [7, 11) is 3.10. The Morgan fingerprint density at radius 1 is 1.30 bits per heavy atom. The maximum Gasteiger partial charge on any atom is 0.262 e. The molecular formula is C17H20N2O4. The third-order valence-electron chi connectivity index (χ3n) is 4.13. The van der Waals surface area contributed by atoms with Gasteiger partial charge in [0, 0.05) is 12.6 Å². The number of rotatable bonds is 4. The maximum absolute atomic E-state index is 13.1. The highest BCUT2D eigenvalue weighted by Gasteiger charge is 2.35. The van der Waals surface area contributed by atoms with E-state index in [1.807, 2.05) is 13.0 Å². The van der Waals surface area contributed by atoms with Gasteiger partial charge in [-0.2, -0.15) is 0 Å². The number of carbonyl (C=O) groups is 1. The second-order valence-corrected chi connectivity index (χ2v) is 5.56. The number of amides is 1. The number of hydrogen-bond donors (Lipinski definition) is 0. The number of methoxy groups -OCH3 is 2. The van der Waals surface area contributed by atoms with Crippen LogP contribution in [-0.4, -0.2) is 36.7 Å². The quantitative estimate of drug-likeness (QED) is 0.867. The van der Waals surface area contributed by atoms with Crippen LogP contribution in [-0.2, 0) is 0 Å². The fourth-order valence-corrected chi connectivity index (χ4v) is 3.05. The molecule has 0 unspecified atom stereocenters. The molecule has 0 radical (unpaired) electrons. The molecule has 0 spiro atoms. The van der Waals surface area contributed by atoms with Crippen molar-refractivity contribution in [1.82, 2.24) is 10.1 Å². The van der Waals surface area contributed by atoms with Gasteiger partial charge in [-0.25, -0.2) is 0 Å². The van der Waals surface area contributed by atoms with Gasteiger partial charge in [0.25, 0.3) is 5.91 Å². The Balaban J connectivity index is 1.96. The van der Waals surface area contributed by atoms with E-state index in [9.17, 15) is 4.79 Å². The summed E-state index contributed by atoms with van der Waals surface area (Å²) in [5.74, 6) is 1.63. The van der Waals surface area contributed by atoms with Crippen molar-refractivity contribution in [2.45, 2.75) is 25.8 Å². The van der Waals surface area contributed by atoms with Gasteiger partial charge in [-0.05, 0) is 31.9 Å². The molecular weight excluding hydrogens is 296 g/mol. The molecule has 1 aliphatic rings. The SMILES string of the molecule is COc1cccc(OC)c1C(=O)N1CCC[C@H]1c1cc(C)no1. The van der Waals surface area contributed by atoms with E-state index in [0.29, 0.717) is 23.6 Å².